The van der Waals surface area contributed by atoms with Crippen molar-refractivity contribution < 1.29 is 4.74 Å². The number of benzene rings is 1. The van der Waals surface area contributed by atoms with Crippen molar-refractivity contribution in [3.63, 3.8) is 0 Å². The number of para-hydroxylation sites is 1. The van der Waals surface area contributed by atoms with Crippen molar-refractivity contribution in [2.75, 3.05) is 0 Å². The molecule has 0 unspecified atom stereocenters. The van der Waals surface area contributed by atoms with Crippen LogP contribution in [0, 0.1) is 0 Å². The maximum atomic E-state index is 5.41. The van der Waals surface area contributed by atoms with Gasteiger partial charge in [0.25, 0.3) is 0 Å². The topological polar surface area (TPSA) is 9.23 Å². The molecule has 0 heterocycles. The second-order valence-corrected chi connectivity index (χ2v) is 3.30. The minimum atomic E-state index is 0.902. The standard InChI is InChI=1S/C13H18O/c1-2-3-4-5-9-12-14-13-10-7-6-8-11-13/h6-12H,2-5H2,1H3. The SMILES string of the molecule is CCCCCC=COc1ccccc1. The first-order valence-corrected chi connectivity index (χ1v) is 5.30. The van der Waals surface area contributed by atoms with Crippen LogP contribution in [0.5, 0.6) is 5.75 Å². The number of rotatable bonds is 6. The molecule has 1 heteroatoms. The quantitative estimate of drug-likeness (QED) is 0.483. The van der Waals surface area contributed by atoms with Crippen molar-refractivity contribution in [2.45, 2.75) is 32.6 Å². The highest BCUT2D eigenvalue weighted by atomic mass is 16.5. The van der Waals surface area contributed by atoms with Crippen molar-refractivity contribution in [1.82, 2.24) is 0 Å². The molecule has 0 spiro atoms. The summed E-state index contributed by atoms with van der Waals surface area (Å²) in [5.74, 6) is 0.902. The zero-order valence-corrected chi connectivity index (χ0v) is 8.78. The molecular formula is C13H18O. The lowest BCUT2D eigenvalue weighted by molar-refractivity contribution is 0.478. The molecule has 0 saturated carbocycles. The van der Waals surface area contributed by atoms with Gasteiger partial charge in [0.15, 0.2) is 0 Å². The average molecular weight is 190 g/mol. The molecule has 0 aliphatic rings. The van der Waals surface area contributed by atoms with Crippen LogP contribution in [0.3, 0.4) is 0 Å². The highest BCUT2D eigenvalue weighted by Crippen LogP contribution is 2.08. The molecule has 0 atom stereocenters. The number of unbranched alkanes of at least 4 members (excludes halogenated alkanes) is 3. The van der Waals surface area contributed by atoms with Gasteiger partial charge in [-0.25, -0.2) is 0 Å². The number of hydrogen-bond donors (Lipinski definition) is 0. The van der Waals surface area contributed by atoms with Crippen molar-refractivity contribution in [1.29, 1.82) is 0 Å². The predicted octanol–water partition coefficient (Wildman–Crippen LogP) is 4.16. The van der Waals surface area contributed by atoms with Gasteiger partial charge >= 0.3 is 0 Å². The van der Waals surface area contributed by atoms with Gasteiger partial charge in [0.05, 0.1) is 6.26 Å². The largest absolute Gasteiger partial charge is 0.465 e. The molecule has 0 fully saturated rings. The maximum absolute atomic E-state index is 5.41. The van der Waals surface area contributed by atoms with Crippen molar-refractivity contribution in [3.8, 4) is 5.75 Å². The Labute approximate surface area is 86.4 Å². The van der Waals surface area contributed by atoms with Gasteiger partial charge in [-0.05, 0) is 31.1 Å². The highest BCUT2D eigenvalue weighted by molar-refractivity contribution is 5.21. The number of ether oxygens (including phenoxy) is 1. The average Bonchev–Trinajstić information content (AvgIpc) is 2.25. The summed E-state index contributed by atoms with van der Waals surface area (Å²) < 4.78 is 5.41. The Hall–Kier alpha value is -1.24. The fraction of sp³-hybridized carbons (Fsp3) is 0.385. The number of hydrogen-bond acceptors (Lipinski definition) is 1. The van der Waals surface area contributed by atoms with Crippen LogP contribution in [0.2, 0.25) is 0 Å². The van der Waals surface area contributed by atoms with E-state index in [-0.39, 0.29) is 0 Å². The maximum Gasteiger partial charge on any atom is 0.126 e. The van der Waals surface area contributed by atoms with Crippen molar-refractivity contribution in [3.05, 3.63) is 42.7 Å². The van der Waals surface area contributed by atoms with Crippen LogP contribution in [0.15, 0.2) is 42.7 Å². The van der Waals surface area contributed by atoms with Crippen LogP contribution < -0.4 is 4.74 Å². The van der Waals surface area contributed by atoms with Crippen LogP contribution in [-0.2, 0) is 0 Å². The van der Waals surface area contributed by atoms with Crippen molar-refractivity contribution >= 4 is 0 Å². The summed E-state index contributed by atoms with van der Waals surface area (Å²) in [5.41, 5.74) is 0. The lowest BCUT2D eigenvalue weighted by atomic mass is 10.2. The molecule has 0 saturated heterocycles. The van der Waals surface area contributed by atoms with E-state index in [1.54, 1.807) is 6.26 Å². The van der Waals surface area contributed by atoms with Gasteiger partial charge in [-0.3, -0.25) is 0 Å². The zero-order valence-electron chi connectivity index (χ0n) is 8.78. The molecule has 0 amide bonds. The Kier molecular flexibility index (Phi) is 5.57. The molecule has 1 rings (SSSR count). The third kappa shape index (κ3) is 4.70. The van der Waals surface area contributed by atoms with Gasteiger partial charge < -0.3 is 4.74 Å². The first-order chi connectivity index (χ1) is 6.93. The molecule has 0 aromatic heterocycles. The fourth-order valence-electron chi connectivity index (χ4n) is 1.21. The summed E-state index contributed by atoms with van der Waals surface area (Å²) in [6.45, 7) is 2.21. The van der Waals surface area contributed by atoms with E-state index >= 15 is 0 Å². The van der Waals surface area contributed by atoms with Gasteiger partial charge in [-0.1, -0.05) is 38.0 Å². The van der Waals surface area contributed by atoms with Crippen LogP contribution in [0.4, 0.5) is 0 Å². The van der Waals surface area contributed by atoms with E-state index in [2.05, 4.69) is 13.0 Å². The van der Waals surface area contributed by atoms with E-state index in [0.717, 1.165) is 12.2 Å². The van der Waals surface area contributed by atoms with Gasteiger partial charge in [-0.15, -0.1) is 0 Å². The van der Waals surface area contributed by atoms with E-state index < -0.39 is 0 Å². The monoisotopic (exact) mass is 190 g/mol. The van der Waals surface area contributed by atoms with Gasteiger partial charge in [0.1, 0.15) is 5.75 Å². The van der Waals surface area contributed by atoms with Gasteiger partial charge in [0, 0.05) is 0 Å². The predicted molar refractivity (Wildman–Crippen MR) is 60.4 cm³/mol. The summed E-state index contributed by atoms with van der Waals surface area (Å²) in [6.07, 6.45) is 8.81. The number of allylic oxidation sites excluding steroid dienone is 1. The van der Waals surface area contributed by atoms with Crippen LogP contribution in [0.1, 0.15) is 32.6 Å². The highest BCUT2D eigenvalue weighted by Gasteiger charge is 1.85. The third-order valence-electron chi connectivity index (χ3n) is 2.02. The second kappa shape index (κ2) is 7.19. The Morgan fingerprint density at radius 3 is 2.64 bits per heavy atom. The van der Waals surface area contributed by atoms with Crippen LogP contribution in [-0.4, -0.2) is 0 Å². The minimum absolute atomic E-state index is 0.902. The molecule has 0 N–H and O–H groups in total. The van der Waals surface area contributed by atoms with E-state index in [1.807, 2.05) is 30.3 Å². The molecule has 1 nitrogen and oxygen atoms in total. The molecular weight excluding hydrogens is 172 g/mol. The molecule has 0 aliphatic carbocycles. The van der Waals surface area contributed by atoms with Gasteiger partial charge in [0.2, 0.25) is 0 Å². The molecule has 76 valence electrons. The molecule has 0 bridgehead atoms. The molecule has 0 aliphatic heterocycles. The third-order valence-corrected chi connectivity index (χ3v) is 2.02. The Balaban J connectivity index is 2.14. The fourth-order valence-corrected chi connectivity index (χ4v) is 1.21. The molecule has 1 aromatic carbocycles. The first-order valence-electron chi connectivity index (χ1n) is 5.30. The Bertz CT molecular complexity index is 251. The van der Waals surface area contributed by atoms with Crippen LogP contribution in [0.25, 0.3) is 0 Å². The summed E-state index contributed by atoms with van der Waals surface area (Å²) in [6, 6.07) is 9.84. The minimum Gasteiger partial charge on any atom is -0.465 e. The lowest BCUT2D eigenvalue weighted by Crippen LogP contribution is -1.80. The van der Waals surface area contributed by atoms with Gasteiger partial charge in [-0.2, -0.15) is 0 Å². The summed E-state index contributed by atoms with van der Waals surface area (Å²) in [5, 5.41) is 0. The van der Waals surface area contributed by atoms with E-state index in [1.165, 1.54) is 19.3 Å². The first kappa shape index (κ1) is 10.8. The Morgan fingerprint density at radius 1 is 1.14 bits per heavy atom. The smallest absolute Gasteiger partial charge is 0.126 e. The molecule has 0 radical (unpaired) electrons. The Morgan fingerprint density at radius 2 is 1.93 bits per heavy atom. The summed E-state index contributed by atoms with van der Waals surface area (Å²) in [7, 11) is 0. The van der Waals surface area contributed by atoms with E-state index in [0.29, 0.717) is 0 Å². The zero-order chi connectivity index (χ0) is 10.1. The molecule has 1 aromatic rings. The van der Waals surface area contributed by atoms with Crippen LogP contribution >= 0.6 is 0 Å². The second-order valence-electron chi connectivity index (χ2n) is 3.30. The summed E-state index contributed by atoms with van der Waals surface area (Å²) in [4.78, 5) is 0. The van der Waals surface area contributed by atoms with E-state index in [4.69, 9.17) is 4.74 Å². The lowest BCUT2D eigenvalue weighted by Gasteiger charge is -1.98. The van der Waals surface area contributed by atoms with Crippen molar-refractivity contribution in [2.24, 2.45) is 0 Å². The normalized spacial score (nSPS) is 10.6. The molecule has 14 heavy (non-hydrogen) atoms. The summed E-state index contributed by atoms with van der Waals surface area (Å²) >= 11 is 0. The van der Waals surface area contributed by atoms with E-state index in [9.17, 15) is 0 Å².